The van der Waals surface area contributed by atoms with E-state index in [2.05, 4.69) is 48.3 Å². The SMILES string of the molecule is CCCCCCCC(C)(CCCC)c1nc(I)c(OC)o1. The minimum absolute atomic E-state index is 0.0406. The van der Waals surface area contributed by atoms with E-state index in [1.165, 1.54) is 44.9 Å². The Hall–Kier alpha value is -0.260. The lowest BCUT2D eigenvalue weighted by Gasteiger charge is -2.26. The lowest BCUT2D eigenvalue weighted by molar-refractivity contribution is 0.241. The Kier molecular flexibility index (Phi) is 8.67. The van der Waals surface area contributed by atoms with Gasteiger partial charge in [0, 0.05) is 5.41 Å². The molecule has 1 aromatic heterocycles. The fourth-order valence-electron chi connectivity index (χ4n) is 2.70. The molecule has 122 valence electrons. The lowest BCUT2D eigenvalue weighted by Crippen LogP contribution is -2.22. The minimum Gasteiger partial charge on any atom is -0.467 e. The lowest BCUT2D eigenvalue weighted by atomic mass is 9.80. The molecular formula is C17H30INO2. The zero-order valence-electron chi connectivity index (χ0n) is 14.0. The van der Waals surface area contributed by atoms with Crippen molar-refractivity contribution in [2.75, 3.05) is 7.11 Å². The van der Waals surface area contributed by atoms with Gasteiger partial charge in [-0.1, -0.05) is 65.7 Å². The molecule has 0 saturated heterocycles. The van der Waals surface area contributed by atoms with Crippen LogP contribution in [-0.2, 0) is 5.41 Å². The zero-order chi connectivity index (χ0) is 15.7. The van der Waals surface area contributed by atoms with Gasteiger partial charge in [0.15, 0.2) is 3.70 Å². The Bertz CT molecular complexity index is 405. The molecule has 1 aromatic rings. The van der Waals surface area contributed by atoms with E-state index >= 15 is 0 Å². The summed E-state index contributed by atoms with van der Waals surface area (Å²) in [5.74, 6) is 1.41. The van der Waals surface area contributed by atoms with E-state index in [4.69, 9.17) is 9.15 Å². The van der Waals surface area contributed by atoms with E-state index in [1.54, 1.807) is 7.11 Å². The zero-order valence-corrected chi connectivity index (χ0v) is 16.2. The van der Waals surface area contributed by atoms with Crippen molar-refractivity contribution < 1.29 is 9.15 Å². The smallest absolute Gasteiger partial charge is 0.319 e. The molecule has 0 aliphatic carbocycles. The third-order valence-corrected chi connectivity index (χ3v) is 4.86. The second-order valence-electron chi connectivity index (χ2n) is 6.13. The summed E-state index contributed by atoms with van der Waals surface area (Å²) < 4.78 is 11.9. The highest BCUT2D eigenvalue weighted by atomic mass is 127. The third kappa shape index (κ3) is 5.80. The monoisotopic (exact) mass is 407 g/mol. The molecule has 1 rings (SSSR count). The molecule has 0 spiro atoms. The average Bonchev–Trinajstić information content (AvgIpc) is 2.86. The number of rotatable bonds is 11. The molecule has 3 nitrogen and oxygen atoms in total. The molecule has 21 heavy (non-hydrogen) atoms. The van der Waals surface area contributed by atoms with Crippen LogP contribution in [0, 0.1) is 3.70 Å². The Morgan fingerprint density at radius 1 is 1.05 bits per heavy atom. The summed E-state index contributed by atoms with van der Waals surface area (Å²) >= 11 is 2.19. The predicted octanol–water partition coefficient (Wildman–Crippen LogP) is 6.10. The molecule has 0 aromatic carbocycles. The first-order valence-corrected chi connectivity index (χ1v) is 9.36. The molecular weight excluding hydrogens is 377 g/mol. The van der Waals surface area contributed by atoms with Gasteiger partial charge in [-0.2, -0.15) is 0 Å². The number of unbranched alkanes of at least 4 members (excludes halogenated alkanes) is 5. The number of hydrogen-bond acceptors (Lipinski definition) is 3. The molecule has 0 radical (unpaired) electrons. The first-order valence-electron chi connectivity index (χ1n) is 8.28. The minimum atomic E-state index is 0.0406. The van der Waals surface area contributed by atoms with Crippen molar-refractivity contribution in [1.82, 2.24) is 4.98 Å². The summed E-state index contributed by atoms with van der Waals surface area (Å²) in [6.07, 6.45) is 11.2. The van der Waals surface area contributed by atoms with Crippen molar-refractivity contribution >= 4 is 22.6 Å². The second kappa shape index (κ2) is 9.70. The van der Waals surface area contributed by atoms with E-state index in [9.17, 15) is 0 Å². The fourth-order valence-corrected chi connectivity index (χ4v) is 3.25. The van der Waals surface area contributed by atoms with Crippen LogP contribution in [0.5, 0.6) is 5.95 Å². The molecule has 0 N–H and O–H groups in total. The molecule has 1 heterocycles. The number of oxazole rings is 1. The van der Waals surface area contributed by atoms with Gasteiger partial charge in [-0.3, -0.25) is 0 Å². The van der Waals surface area contributed by atoms with Crippen molar-refractivity contribution in [3.63, 3.8) is 0 Å². The highest BCUT2D eigenvalue weighted by Gasteiger charge is 2.32. The summed E-state index contributed by atoms with van der Waals surface area (Å²) in [7, 11) is 1.64. The highest BCUT2D eigenvalue weighted by Crippen LogP contribution is 2.37. The second-order valence-corrected chi connectivity index (χ2v) is 7.15. The van der Waals surface area contributed by atoms with Crippen LogP contribution in [0.1, 0.15) is 84.4 Å². The maximum Gasteiger partial charge on any atom is 0.319 e. The van der Waals surface area contributed by atoms with E-state index in [0.29, 0.717) is 5.95 Å². The van der Waals surface area contributed by atoms with Gasteiger partial charge >= 0.3 is 5.95 Å². The average molecular weight is 407 g/mol. The normalized spacial score (nSPS) is 14.1. The quantitative estimate of drug-likeness (QED) is 0.329. The standard InChI is InChI=1S/C17H30INO2/c1-5-7-9-10-11-13-17(3,12-8-6-2)16-19-14(18)15(20-4)21-16/h5-13H2,1-4H3. The Labute approximate surface area is 143 Å². The Balaban J connectivity index is 2.71. The topological polar surface area (TPSA) is 35.3 Å². The van der Waals surface area contributed by atoms with Gasteiger partial charge in [-0.25, -0.2) is 4.98 Å². The number of nitrogens with zero attached hydrogens (tertiary/aromatic N) is 1. The van der Waals surface area contributed by atoms with Crippen molar-refractivity contribution in [1.29, 1.82) is 0 Å². The summed E-state index contributed by atoms with van der Waals surface area (Å²) in [6.45, 7) is 6.79. The summed E-state index contributed by atoms with van der Waals surface area (Å²) in [5.41, 5.74) is 0.0406. The number of aromatic nitrogens is 1. The fraction of sp³-hybridized carbons (Fsp3) is 0.824. The first kappa shape index (κ1) is 18.8. The van der Waals surface area contributed by atoms with Crippen molar-refractivity contribution in [2.45, 2.75) is 84.0 Å². The van der Waals surface area contributed by atoms with E-state index in [1.807, 2.05) is 0 Å². The first-order chi connectivity index (χ1) is 10.1. The third-order valence-electron chi connectivity index (χ3n) is 4.17. The van der Waals surface area contributed by atoms with E-state index in [0.717, 1.165) is 22.4 Å². The number of ether oxygens (including phenoxy) is 1. The molecule has 1 atom stereocenters. The van der Waals surface area contributed by atoms with Crippen LogP contribution in [0.4, 0.5) is 0 Å². The highest BCUT2D eigenvalue weighted by molar-refractivity contribution is 14.1. The Morgan fingerprint density at radius 3 is 2.24 bits per heavy atom. The summed E-state index contributed by atoms with van der Waals surface area (Å²) in [6, 6.07) is 0. The van der Waals surface area contributed by atoms with Crippen LogP contribution in [-0.4, -0.2) is 12.1 Å². The van der Waals surface area contributed by atoms with Crippen molar-refractivity contribution in [2.24, 2.45) is 0 Å². The Morgan fingerprint density at radius 2 is 1.67 bits per heavy atom. The van der Waals surface area contributed by atoms with Crippen LogP contribution in [0.25, 0.3) is 0 Å². The molecule has 0 saturated carbocycles. The number of hydrogen-bond donors (Lipinski definition) is 0. The van der Waals surface area contributed by atoms with Crippen LogP contribution < -0.4 is 4.74 Å². The molecule has 0 fully saturated rings. The maximum atomic E-state index is 5.86. The molecule has 0 amide bonds. The van der Waals surface area contributed by atoms with Gasteiger partial charge in [-0.05, 0) is 35.4 Å². The van der Waals surface area contributed by atoms with Crippen LogP contribution in [0.15, 0.2) is 4.42 Å². The van der Waals surface area contributed by atoms with Gasteiger partial charge in [-0.15, -0.1) is 0 Å². The predicted molar refractivity (Wildman–Crippen MR) is 96.0 cm³/mol. The van der Waals surface area contributed by atoms with Gasteiger partial charge in [0.2, 0.25) is 5.89 Å². The largest absolute Gasteiger partial charge is 0.467 e. The molecule has 1 unspecified atom stereocenters. The van der Waals surface area contributed by atoms with Gasteiger partial charge in [0.1, 0.15) is 0 Å². The summed E-state index contributed by atoms with van der Waals surface area (Å²) in [5, 5.41) is 0. The number of halogens is 1. The number of methoxy groups -OCH3 is 1. The molecule has 0 aliphatic rings. The van der Waals surface area contributed by atoms with Crippen LogP contribution >= 0.6 is 22.6 Å². The van der Waals surface area contributed by atoms with E-state index in [-0.39, 0.29) is 5.41 Å². The molecule has 0 aliphatic heterocycles. The van der Waals surface area contributed by atoms with Crippen LogP contribution in [0.2, 0.25) is 0 Å². The molecule has 0 bridgehead atoms. The molecule has 4 heteroatoms. The van der Waals surface area contributed by atoms with E-state index < -0.39 is 0 Å². The maximum absolute atomic E-state index is 5.86. The van der Waals surface area contributed by atoms with Gasteiger partial charge < -0.3 is 9.15 Å². The van der Waals surface area contributed by atoms with Gasteiger partial charge in [0.05, 0.1) is 7.11 Å². The van der Waals surface area contributed by atoms with Gasteiger partial charge in [0.25, 0.3) is 0 Å². The van der Waals surface area contributed by atoms with Crippen molar-refractivity contribution in [3.05, 3.63) is 9.59 Å². The summed E-state index contributed by atoms with van der Waals surface area (Å²) in [4.78, 5) is 4.62. The van der Waals surface area contributed by atoms with Crippen molar-refractivity contribution in [3.8, 4) is 5.95 Å². The van der Waals surface area contributed by atoms with Crippen LogP contribution in [0.3, 0.4) is 0 Å².